The van der Waals surface area contributed by atoms with Crippen molar-refractivity contribution in [1.82, 2.24) is 0 Å². The largest absolute Gasteiger partial charge is 0.423 e. The molecule has 120 valence electrons. The van der Waals surface area contributed by atoms with Crippen LogP contribution >= 0.6 is 15.9 Å². The maximum absolute atomic E-state index is 11.9. The van der Waals surface area contributed by atoms with Crippen LogP contribution in [0.5, 0.6) is 5.75 Å². The lowest BCUT2D eigenvalue weighted by Gasteiger charge is -2.04. The number of benzene rings is 2. The van der Waals surface area contributed by atoms with Crippen LogP contribution in [0, 0.1) is 6.92 Å². The van der Waals surface area contributed by atoms with Gasteiger partial charge in [0.05, 0.1) is 0 Å². The zero-order chi connectivity index (χ0) is 17.1. The summed E-state index contributed by atoms with van der Waals surface area (Å²) in [7, 11) is 0. The molecule has 4 nitrogen and oxygen atoms in total. The van der Waals surface area contributed by atoms with Crippen LogP contribution in [0.4, 0.5) is 0 Å². The first-order valence-electron chi connectivity index (χ1n) is 7.21. The van der Waals surface area contributed by atoms with E-state index < -0.39 is 11.6 Å². The molecule has 24 heavy (non-hydrogen) atoms. The molecule has 5 heteroatoms. The highest BCUT2D eigenvalue weighted by Gasteiger charge is 2.06. The number of halogens is 1. The molecule has 0 aliphatic heterocycles. The Balaban J connectivity index is 1.77. The number of rotatable bonds is 3. The van der Waals surface area contributed by atoms with Crippen LogP contribution in [0.15, 0.2) is 68.3 Å². The molecule has 2 aromatic carbocycles. The van der Waals surface area contributed by atoms with Crippen LogP contribution in [0.3, 0.4) is 0 Å². The maximum atomic E-state index is 11.9. The van der Waals surface area contributed by atoms with Crippen LogP contribution in [0.2, 0.25) is 0 Å². The van der Waals surface area contributed by atoms with Gasteiger partial charge in [0.1, 0.15) is 11.3 Å². The summed E-state index contributed by atoms with van der Waals surface area (Å²) in [5, 5.41) is 0.805. The third-order valence-corrected chi connectivity index (χ3v) is 3.95. The Morgan fingerprint density at radius 1 is 1.12 bits per heavy atom. The Morgan fingerprint density at radius 3 is 2.62 bits per heavy atom. The minimum atomic E-state index is -0.507. The first kappa shape index (κ1) is 16.2. The van der Waals surface area contributed by atoms with E-state index in [1.54, 1.807) is 18.2 Å². The topological polar surface area (TPSA) is 56.5 Å². The lowest BCUT2D eigenvalue weighted by molar-refractivity contribution is -0.128. The molecule has 0 aliphatic carbocycles. The number of aryl methyl sites for hydroxylation is 1. The fourth-order valence-electron chi connectivity index (χ4n) is 2.26. The number of carbonyl (C=O) groups excluding carboxylic acids is 1. The molecule has 0 amide bonds. The molecule has 0 bridgehead atoms. The molecule has 3 aromatic rings. The predicted molar refractivity (Wildman–Crippen MR) is 96.0 cm³/mol. The van der Waals surface area contributed by atoms with Crippen LogP contribution in [0.25, 0.3) is 17.0 Å². The van der Waals surface area contributed by atoms with Crippen molar-refractivity contribution < 1.29 is 13.9 Å². The van der Waals surface area contributed by atoms with E-state index in [1.165, 1.54) is 18.2 Å². The van der Waals surface area contributed by atoms with E-state index in [1.807, 2.05) is 31.2 Å². The van der Waals surface area contributed by atoms with Gasteiger partial charge in [0.25, 0.3) is 0 Å². The molecule has 0 N–H and O–H groups in total. The first-order chi connectivity index (χ1) is 11.5. The third-order valence-electron chi connectivity index (χ3n) is 3.42. The van der Waals surface area contributed by atoms with Crippen molar-refractivity contribution >= 4 is 38.9 Å². The minimum absolute atomic E-state index is 0.321. The number of carbonyl (C=O) groups is 1. The standard InChI is InChI=1S/C19H13BrO4/c1-12-10-19(22)24-17-11-15(7-8-16(12)17)23-18(21)9-4-13-2-5-14(20)6-3-13/h2-11H,1H3. The summed E-state index contributed by atoms with van der Waals surface area (Å²) < 4.78 is 11.4. The summed E-state index contributed by atoms with van der Waals surface area (Å²) in [6, 6.07) is 13.9. The van der Waals surface area contributed by atoms with Gasteiger partial charge in [-0.2, -0.15) is 0 Å². The van der Waals surface area contributed by atoms with Crippen molar-refractivity contribution in [3.8, 4) is 5.75 Å². The van der Waals surface area contributed by atoms with Crippen molar-refractivity contribution in [3.63, 3.8) is 0 Å². The van der Waals surface area contributed by atoms with E-state index in [2.05, 4.69) is 15.9 Å². The number of fused-ring (bicyclic) bond motifs is 1. The average molecular weight is 385 g/mol. The summed E-state index contributed by atoms with van der Waals surface area (Å²) in [5.74, 6) is -0.186. The summed E-state index contributed by atoms with van der Waals surface area (Å²) in [4.78, 5) is 23.3. The van der Waals surface area contributed by atoms with Crippen molar-refractivity contribution in [2.45, 2.75) is 6.92 Å². The van der Waals surface area contributed by atoms with Crippen molar-refractivity contribution in [1.29, 1.82) is 0 Å². The fraction of sp³-hybridized carbons (Fsp3) is 0.0526. The SMILES string of the molecule is Cc1cc(=O)oc2cc(OC(=O)C=Cc3ccc(Br)cc3)ccc12. The van der Waals surface area contributed by atoms with Gasteiger partial charge in [-0.25, -0.2) is 9.59 Å². The molecule has 0 fully saturated rings. The van der Waals surface area contributed by atoms with E-state index in [-0.39, 0.29) is 0 Å². The van der Waals surface area contributed by atoms with Crippen LogP contribution in [0.1, 0.15) is 11.1 Å². The summed E-state index contributed by atoms with van der Waals surface area (Å²) in [6.07, 6.45) is 3.01. The lowest BCUT2D eigenvalue weighted by Crippen LogP contribution is -2.04. The monoisotopic (exact) mass is 384 g/mol. The van der Waals surface area contributed by atoms with Gasteiger partial charge in [-0.15, -0.1) is 0 Å². The smallest absolute Gasteiger partial charge is 0.336 e. The summed E-state index contributed by atoms with van der Waals surface area (Å²) >= 11 is 3.35. The van der Waals surface area contributed by atoms with Gasteiger partial charge in [0.15, 0.2) is 0 Å². The number of ether oxygens (including phenoxy) is 1. The summed E-state index contributed by atoms with van der Waals surface area (Å²) in [5.41, 5.74) is 1.66. The van der Waals surface area contributed by atoms with Gasteiger partial charge in [-0.3, -0.25) is 0 Å². The minimum Gasteiger partial charge on any atom is -0.423 e. The number of hydrogen-bond donors (Lipinski definition) is 0. The Labute approximate surface area is 146 Å². The highest BCUT2D eigenvalue weighted by atomic mass is 79.9. The highest BCUT2D eigenvalue weighted by Crippen LogP contribution is 2.22. The fourth-order valence-corrected chi connectivity index (χ4v) is 2.52. The third kappa shape index (κ3) is 3.81. The van der Waals surface area contributed by atoms with Crippen molar-refractivity contribution in [2.24, 2.45) is 0 Å². The lowest BCUT2D eigenvalue weighted by atomic mass is 10.1. The van der Waals surface area contributed by atoms with E-state index in [9.17, 15) is 9.59 Å². The average Bonchev–Trinajstić information content (AvgIpc) is 2.54. The molecular formula is C19H13BrO4. The van der Waals surface area contributed by atoms with E-state index >= 15 is 0 Å². The molecule has 0 saturated carbocycles. The molecule has 1 aromatic heterocycles. The second kappa shape index (κ2) is 6.84. The van der Waals surface area contributed by atoms with E-state index in [0.717, 1.165) is 21.0 Å². The Kier molecular flexibility index (Phi) is 4.62. The highest BCUT2D eigenvalue weighted by molar-refractivity contribution is 9.10. The Morgan fingerprint density at radius 2 is 1.88 bits per heavy atom. The molecule has 0 saturated heterocycles. The zero-order valence-corrected chi connectivity index (χ0v) is 14.4. The number of hydrogen-bond acceptors (Lipinski definition) is 4. The molecule has 0 radical (unpaired) electrons. The Hall–Kier alpha value is -2.66. The van der Waals surface area contributed by atoms with Gasteiger partial charge in [-0.05, 0) is 48.4 Å². The predicted octanol–water partition coefficient (Wildman–Crippen LogP) is 4.48. The van der Waals surface area contributed by atoms with Gasteiger partial charge >= 0.3 is 11.6 Å². The van der Waals surface area contributed by atoms with Gasteiger partial charge in [0.2, 0.25) is 0 Å². The van der Waals surface area contributed by atoms with E-state index in [4.69, 9.17) is 9.15 Å². The quantitative estimate of drug-likeness (QED) is 0.289. The molecule has 0 spiro atoms. The van der Waals surface area contributed by atoms with Crippen LogP contribution in [-0.4, -0.2) is 5.97 Å². The van der Waals surface area contributed by atoms with Crippen molar-refractivity contribution in [2.75, 3.05) is 0 Å². The molecule has 0 atom stereocenters. The molecule has 3 rings (SSSR count). The maximum Gasteiger partial charge on any atom is 0.336 e. The van der Waals surface area contributed by atoms with Crippen LogP contribution < -0.4 is 10.4 Å². The molecule has 0 aliphatic rings. The summed E-state index contributed by atoms with van der Waals surface area (Å²) in [6.45, 7) is 1.83. The second-order valence-electron chi connectivity index (χ2n) is 5.21. The van der Waals surface area contributed by atoms with E-state index in [0.29, 0.717) is 11.3 Å². The van der Waals surface area contributed by atoms with Gasteiger partial charge < -0.3 is 9.15 Å². The zero-order valence-electron chi connectivity index (χ0n) is 12.8. The molecule has 1 heterocycles. The van der Waals surface area contributed by atoms with Gasteiger partial charge in [0, 0.05) is 28.1 Å². The molecule has 0 unspecified atom stereocenters. The van der Waals surface area contributed by atoms with Crippen molar-refractivity contribution in [3.05, 3.63) is 80.6 Å². The molecular weight excluding hydrogens is 372 g/mol. The Bertz CT molecular complexity index is 984. The number of esters is 1. The first-order valence-corrected chi connectivity index (χ1v) is 8.00. The normalized spacial score (nSPS) is 11.1. The van der Waals surface area contributed by atoms with Crippen LogP contribution in [-0.2, 0) is 4.79 Å². The van der Waals surface area contributed by atoms with Gasteiger partial charge in [-0.1, -0.05) is 28.1 Å². The second-order valence-corrected chi connectivity index (χ2v) is 6.13.